The van der Waals surface area contributed by atoms with E-state index in [1.165, 1.54) is 17.6 Å². The van der Waals surface area contributed by atoms with Gasteiger partial charge in [-0.15, -0.1) is 11.3 Å². The Kier molecular flexibility index (Phi) is 5.63. The Hall–Kier alpha value is -1.97. The fourth-order valence-corrected chi connectivity index (χ4v) is 5.84. The highest BCUT2D eigenvalue weighted by Gasteiger charge is 2.35. The van der Waals surface area contributed by atoms with Gasteiger partial charge in [-0.3, -0.25) is 4.79 Å². The van der Waals surface area contributed by atoms with Crippen molar-refractivity contribution in [2.24, 2.45) is 0 Å². The summed E-state index contributed by atoms with van der Waals surface area (Å²) in [7, 11) is -3.27. The first kappa shape index (κ1) is 21.3. The average Bonchev–Trinajstić information content (AvgIpc) is 3.46. The van der Waals surface area contributed by atoms with Gasteiger partial charge in [0.25, 0.3) is 5.91 Å². The Labute approximate surface area is 181 Å². The molecule has 30 heavy (non-hydrogen) atoms. The van der Waals surface area contributed by atoms with Crippen LogP contribution in [-0.4, -0.2) is 53.5 Å². The first-order chi connectivity index (χ1) is 14.1. The molecule has 2 aliphatic rings. The molecule has 1 aliphatic carbocycles. The molecule has 0 spiro atoms. The summed E-state index contributed by atoms with van der Waals surface area (Å²) in [6.07, 6.45) is 3.09. The number of nitrogens with zero attached hydrogens (tertiary/aromatic N) is 3. The molecule has 1 amide bonds. The van der Waals surface area contributed by atoms with Crippen molar-refractivity contribution in [1.29, 1.82) is 0 Å². The summed E-state index contributed by atoms with van der Waals surface area (Å²) in [6.45, 7) is 6.91. The number of rotatable bonds is 5. The molecule has 162 valence electrons. The summed E-state index contributed by atoms with van der Waals surface area (Å²) in [5.41, 5.74) is 2.55. The summed E-state index contributed by atoms with van der Waals surface area (Å²) >= 11 is 1.41. The Bertz CT molecular complexity index is 1080. The second-order valence-electron chi connectivity index (χ2n) is 8.22. The molecule has 2 aromatic rings. The Morgan fingerprint density at radius 3 is 2.67 bits per heavy atom. The predicted molar refractivity (Wildman–Crippen MR) is 116 cm³/mol. The number of benzene rings is 1. The molecule has 9 heteroatoms. The van der Waals surface area contributed by atoms with Gasteiger partial charge in [-0.1, -0.05) is 6.07 Å². The second-order valence-corrected chi connectivity index (χ2v) is 11.4. The van der Waals surface area contributed by atoms with Crippen LogP contribution < -0.4 is 4.74 Å². The lowest BCUT2D eigenvalue weighted by Crippen LogP contribution is -2.39. The van der Waals surface area contributed by atoms with Crippen LogP contribution >= 0.6 is 11.3 Å². The minimum atomic E-state index is -3.27. The number of carbonyl (C=O) groups is 1. The van der Waals surface area contributed by atoms with E-state index in [1.54, 1.807) is 4.31 Å². The second kappa shape index (κ2) is 7.94. The van der Waals surface area contributed by atoms with E-state index in [0.29, 0.717) is 24.6 Å². The normalized spacial score (nSPS) is 19.4. The maximum absolute atomic E-state index is 13.3. The van der Waals surface area contributed by atoms with Gasteiger partial charge in [0, 0.05) is 18.2 Å². The zero-order chi connectivity index (χ0) is 21.6. The van der Waals surface area contributed by atoms with Gasteiger partial charge in [0.15, 0.2) is 0 Å². The average molecular weight is 450 g/mol. The molecule has 1 aromatic heterocycles. The fourth-order valence-electron chi connectivity index (χ4n) is 3.83. The van der Waals surface area contributed by atoms with E-state index in [1.807, 2.05) is 43.9 Å². The number of hydrogen-bond donors (Lipinski definition) is 0. The summed E-state index contributed by atoms with van der Waals surface area (Å²) < 4.78 is 31.9. The van der Waals surface area contributed by atoms with Gasteiger partial charge in [-0.05, 0) is 51.3 Å². The van der Waals surface area contributed by atoms with E-state index in [4.69, 9.17) is 4.74 Å². The Morgan fingerprint density at radius 1 is 1.33 bits per heavy atom. The number of amides is 1. The third-order valence-electron chi connectivity index (χ3n) is 5.55. The standard InChI is InChI=1S/C21H27N3O4S2/c1-13-12-28-19-8-5-16(10-24(18-6-7-18)30(4,26)27)9-17(19)11-23(13)21(25)20-14(2)22-15(3)29-20/h5,8-9,13,18H,6-7,10-12H2,1-4H3. The van der Waals surface area contributed by atoms with Crippen molar-refractivity contribution in [2.75, 3.05) is 12.9 Å². The van der Waals surface area contributed by atoms with Gasteiger partial charge in [0.2, 0.25) is 10.0 Å². The maximum atomic E-state index is 13.3. The van der Waals surface area contributed by atoms with Crippen molar-refractivity contribution in [1.82, 2.24) is 14.2 Å². The van der Waals surface area contributed by atoms with Gasteiger partial charge in [0.05, 0.1) is 29.5 Å². The van der Waals surface area contributed by atoms with Gasteiger partial charge in [-0.2, -0.15) is 4.31 Å². The highest BCUT2D eigenvalue weighted by molar-refractivity contribution is 7.88. The van der Waals surface area contributed by atoms with Gasteiger partial charge >= 0.3 is 0 Å². The molecule has 0 radical (unpaired) electrons. The number of aryl methyl sites for hydroxylation is 2. The predicted octanol–water partition coefficient (Wildman–Crippen LogP) is 3.11. The molecule has 2 heterocycles. The Morgan fingerprint density at radius 2 is 2.07 bits per heavy atom. The molecule has 1 saturated carbocycles. The number of carbonyl (C=O) groups excluding carboxylic acids is 1. The van der Waals surface area contributed by atoms with Crippen LogP contribution in [0.1, 0.15) is 51.3 Å². The van der Waals surface area contributed by atoms with E-state index in [9.17, 15) is 13.2 Å². The monoisotopic (exact) mass is 449 g/mol. The van der Waals surface area contributed by atoms with Crippen molar-refractivity contribution in [3.63, 3.8) is 0 Å². The van der Waals surface area contributed by atoms with E-state index in [-0.39, 0.29) is 18.0 Å². The molecule has 0 saturated heterocycles. The molecule has 0 bridgehead atoms. The van der Waals surface area contributed by atoms with Crippen LogP contribution in [-0.2, 0) is 23.1 Å². The van der Waals surface area contributed by atoms with Crippen LogP contribution in [0, 0.1) is 13.8 Å². The largest absolute Gasteiger partial charge is 0.491 e. The van der Waals surface area contributed by atoms with Crippen LogP contribution in [0.25, 0.3) is 0 Å². The van der Waals surface area contributed by atoms with Crippen molar-refractivity contribution in [3.05, 3.63) is 44.9 Å². The molecule has 0 N–H and O–H groups in total. The number of thiazole rings is 1. The van der Waals surface area contributed by atoms with Crippen molar-refractivity contribution >= 4 is 27.3 Å². The van der Waals surface area contributed by atoms with Crippen LogP contribution in [0.5, 0.6) is 5.75 Å². The first-order valence-corrected chi connectivity index (χ1v) is 12.8. The molecule has 1 aliphatic heterocycles. The molecule has 4 rings (SSSR count). The van der Waals surface area contributed by atoms with Crippen LogP contribution in [0.4, 0.5) is 0 Å². The van der Waals surface area contributed by atoms with E-state index < -0.39 is 10.0 Å². The van der Waals surface area contributed by atoms with Crippen LogP contribution in [0.15, 0.2) is 18.2 Å². The molecule has 1 atom stereocenters. The number of aromatic nitrogens is 1. The SMILES string of the molecule is Cc1nc(C)c(C(=O)N2Cc3cc(CN(C4CC4)S(C)(=O)=O)ccc3OCC2C)s1. The molecular formula is C21H27N3O4S2. The summed E-state index contributed by atoms with van der Waals surface area (Å²) in [5.74, 6) is 0.707. The van der Waals surface area contributed by atoms with E-state index in [2.05, 4.69) is 4.98 Å². The maximum Gasteiger partial charge on any atom is 0.266 e. The van der Waals surface area contributed by atoms with E-state index >= 15 is 0 Å². The number of ether oxygens (including phenoxy) is 1. The van der Waals surface area contributed by atoms with E-state index in [0.717, 1.165) is 40.4 Å². The van der Waals surface area contributed by atoms with Gasteiger partial charge < -0.3 is 9.64 Å². The topological polar surface area (TPSA) is 79.8 Å². The third kappa shape index (κ3) is 4.38. The zero-order valence-electron chi connectivity index (χ0n) is 17.7. The molecule has 1 fully saturated rings. The summed E-state index contributed by atoms with van der Waals surface area (Å²) in [5, 5.41) is 0.873. The molecule has 7 nitrogen and oxygen atoms in total. The smallest absolute Gasteiger partial charge is 0.266 e. The van der Waals surface area contributed by atoms with Crippen LogP contribution in [0.2, 0.25) is 0 Å². The number of fused-ring (bicyclic) bond motifs is 1. The Balaban J connectivity index is 1.61. The zero-order valence-corrected chi connectivity index (χ0v) is 19.3. The fraction of sp³-hybridized carbons (Fsp3) is 0.524. The highest BCUT2D eigenvalue weighted by atomic mass is 32.2. The molecule has 1 aromatic carbocycles. The summed E-state index contributed by atoms with van der Waals surface area (Å²) in [6, 6.07) is 5.79. The van der Waals surface area contributed by atoms with Gasteiger partial charge in [-0.25, -0.2) is 13.4 Å². The first-order valence-electron chi connectivity index (χ1n) is 10.1. The minimum Gasteiger partial charge on any atom is -0.491 e. The quantitative estimate of drug-likeness (QED) is 0.701. The molecular weight excluding hydrogens is 422 g/mol. The third-order valence-corrected chi connectivity index (χ3v) is 7.89. The number of sulfonamides is 1. The summed E-state index contributed by atoms with van der Waals surface area (Å²) in [4.78, 5) is 20.1. The minimum absolute atomic E-state index is 0.0387. The highest BCUT2D eigenvalue weighted by Crippen LogP contribution is 2.33. The van der Waals surface area contributed by atoms with Crippen molar-refractivity contribution in [3.8, 4) is 5.75 Å². The van der Waals surface area contributed by atoms with Crippen molar-refractivity contribution in [2.45, 2.75) is 58.8 Å². The molecule has 1 unspecified atom stereocenters. The number of hydrogen-bond acceptors (Lipinski definition) is 6. The lowest BCUT2D eigenvalue weighted by molar-refractivity contribution is 0.0649. The van der Waals surface area contributed by atoms with Crippen LogP contribution in [0.3, 0.4) is 0 Å². The lowest BCUT2D eigenvalue weighted by atomic mass is 10.1. The van der Waals surface area contributed by atoms with Crippen molar-refractivity contribution < 1.29 is 17.9 Å². The lowest BCUT2D eigenvalue weighted by Gasteiger charge is -2.26. The van der Waals surface area contributed by atoms with Gasteiger partial charge in [0.1, 0.15) is 17.2 Å².